The maximum absolute atomic E-state index is 13.2. The van der Waals surface area contributed by atoms with Crippen molar-refractivity contribution in [3.05, 3.63) is 77.6 Å². The predicted octanol–water partition coefficient (Wildman–Crippen LogP) is 3.50. The van der Waals surface area contributed by atoms with E-state index in [-0.39, 0.29) is 29.7 Å². The molecule has 1 aromatic heterocycles. The number of methoxy groups -OCH3 is 1. The minimum atomic E-state index is -0.393. The summed E-state index contributed by atoms with van der Waals surface area (Å²) in [5.41, 5.74) is 1.43. The molecule has 3 rings (SSSR count). The molecule has 2 aromatic carbocycles. The number of hydrogen-bond donors (Lipinski definition) is 1. The summed E-state index contributed by atoms with van der Waals surface area (Å²) < 4.78 is 38.5. The van der Waals surface area contributed by atoms with E-state index in [4.69, 9.17) is 9.47 Å². The van der Waals surface area contributed by atoms with Crippen molar-refractivity contribution >= 4 is 5.91 Å². The van der Waals surface area contributed by atoms with E-state index in [0.29, 0.717) is 25.3 Å². The molecule has 0 aliphatic rings. The predicted molar refractivity (Wildman–Crippen MR) is 103 cm³/mol. The van der Waals surface area contributed by atoms with Crippen LogP contribution in [0.15, 0.2) is 54.7 Å². The van der Waals surface area contributed by atoms with Gasteiger partial charge in [-0.1, -0.05) is 12.1 Å². The summed E-state index contributed by atoms with van der Waals surface area (Å²) in [7, 11) is 1.59. The Labute approximate surface area is 167 Å². The normalized spacial score (nSPS) is 10.7. The van der Waals surface area contributed by atoms with Crippen LogP contribution in [0.25, 0.3) is 5.69 Å². The molecule has 1 amide bonds. The van der Waals surface area contributed by atoms with Crippen molar-refractivity contribution in [3.63, 3.8) is 0 Å². The topological polar surface area (TPSA) is 65.4 Å². The number of amides is 1. The van der Waals surface area contributed by atoms with Gasteiger partial charge in [0.2, 0.25) is 0 Å². The van der Waals surface area contributed by atoms with Gasteiger partial charge >= 0.3 is 0 Å². The van der Waals surface area contributed by atoms with Crippen LogP contribution in [0.4, 0.5) is 8.78 Å². The molecular weight excluding hydrogens is 380 g/mol. The Bertz CT molecular complexity index is 941. The van der Waals surface area contributed by atoms with E-state index in [0.717, 1.165) is 5.56 Å². The van der Waals surface area contributed by atoms with Crippen LogP contribution in [0.1, 0.15) is 22.5 Å². The molecule has 6 nitrogen and oxygen atoms in total. The fourth-order valence-corrected chi connectivity index (χ4v) is 2.59. The lowest BCUT2D eigenvalue weighted by atomic mass is 10.2. The van der Waals surface area contributed by atoms with Gasteiger partial charge in [-0.2, -0.15) is 5.10 Å². The SMILES string of the molecule is COCCCNC(=O)c1nn(-c2ccc(F)cc2)cc1OCc1ccc(F)cc1. The van der Waals surface area contributed by atoms with Gasteiger partial charge in [0.05, 0.1) is 11.9 Å². The third-order valence-electron chi connectivity index (χ3n) is 4.11. The molecule has 1 heterocycles. The van der Waals surface area contributed by atoms with Gasteiger partial charge < -0.3 is 14.8 Å². The van der Waals surface area contributed by atoms with Crippen molar-refractivity contribution < 1.29 is 23.0 Å². The van der Waals surface area contributed by atoms with Crippen LogP contribution >= 0.6 is 0 Å². The molecule has 3 aromatic rings. The molecule has 0 saturated carbocycles. The zero-order valence-corrected chi connectivity index (χ0v) is 15.9. The molecule has 29 heavy (non-hydrogen) atoms. The van der Waals surface area contributed by atoms with Crippen LogP contribution in [-0.4, -0.2) is 35.9 Å². The Hall–Kier alpha value is -3.26. The minimum absolute atomic E-state index is 0.105. The third kappa shape index (κ3) is 5.61. The van der Waals surface area contributed by atoms with Gasteiger partial charge in [-0.15, -0.1) is 0 Å². The lowest BCUT2D eigenvalue weighted by molar-refractivity contribution is 0.0938. The standard InChI is InChI=1S/C21H21F2N3O3/c1-28-12-2-11-24-21(27)20-19(29-14-15-3-5-16(22)6-4-15)13-26(25-20)18-9-7-17(23)8-10-18/h3-10,13H,2,11-12,14H2,1H3,(H,24,27). The average Bonchev–Trinajstić information content (AvgIpc) is 3.15. The Morgan fingerprint density at radius 3 is 2.38 bits per heavy atom. The number of rotatable bonds is 9. The highest BCUT2D eigenvalue weighted by molar-refractivity contribution is 5.94. The van der Waals surface area contributed by atoms with Crippen molar-refractivity contribution in [1.29, 1.82) is 0 Å². The number of nitrogens with zero attached hydrogens (tertiary/aromatic N) is 2. The largest absolute Gasteiger partial charge is 0.485 e. The van der Waals surface area contributed by atoms with Crippen molar-refractivity contribution in [2.75, 3.05) is 20.3 Å². The number of benzene rings is 2. The molecule has 0 spiro atoms. The van der Waals surface area contributed by atoms with Crippen LogP contribution in [0.2, 0.25) is 0 Å². The molecule has 0 fully saturated rings. The lowest BCUT2D eigenvalue weighted by Crippen LogP contribution is -2.26. The smallest absolute Gasteiger partial charge is 0.275 e. The molecule has 1 N–H and O–H groups in total. The third-order valence-corrected chi connectivity index (χ3v) is 4.11. The Balaban J connectivity index is 1.80. The first-order valence-corrected chi connectivity index (χ1v) is 9.07. The Morgan fingerprint density at radius 1 is 1.07 bits per heavy atom. The van der Waals surface area contributed by atoms with E-state index in [1.165, 1.54) is 28.9 Å². The van der Waals surface area contributed by atoms with Crippen LogP contribution in [-0.2, 0) is 11.3 Å². The van der Waals surface area contributed by atoms with Gasteiger partial charge in [-0.3, -0.25) is 4.79 Å². The van der Waals surface area contributed by atoms with E-state index >= 15 is 0 Å². The molecule has 0 radical (unpaired) electrons. The van der Waals surface area contributed by atoms with Crippen LogP contribution in [0.5, 0.6) is 5.75 Å². The highest BCUT2D eigenvalue weighted by Crippen LogP contribution is 2.21. The van der Waals surface area contributed by atoms with E-state index < -0.39 is 5.91 Å². The summed E-state index contributed by atoms with van der Waals surface area (Å²) >= 11 is 0. The highest BCUT2D eigenvalue weighted by Gasteiger charge is 2.19. The summed E-state index contributed by atoms with van der Waals surface area (Å²) in [6.07, 6.45) is 2.22. The maximum atomic E-state index is 13.2. The van der Waals surface area contributed by atoms with Crippen molar-refractivity contribution in [1.82, 2.24) is 15.1 Å². The van der Waals surface area contributed by atoms with E-state index in [2.05, 4.69) is 10.4 Å². The second-order valence-corrected chi connectivity index (χ2v) is 6.28. The average molecular weight is 401 g/mol. The first-order chi connectivity index (χ1) is 14.1. The van der Waals surface area contributed by atoms with Crippen LogP contribution in [0, 0.1) is 11.6 Å². The molecule has 0 bridgehead atoms. The number of halogens is 2. The van der Waals surface area contributed by atoms with Crippen LogP contribution < -0.4 is 10.1 Å². The zero-order valence-electron chi connectivity index (χ0n) is 15.9. The summed E-state index contributed by atoms with van der Waals surface area (Å²) in [4.78, 5) is 12.6. The zero-order chi connectivity index (χ0) is 20.6. The maximum Gasteiger partial charge on any atom is 0.275 e. The summed E-state index contributed by atoms with van der Waals surface area (Å²) in [6, 6.07) is 11.6. The fourth-order valence-electron chi connectivity index (χ4n) is 2.59. The number of aromatic nitrogens is 2. The first kappa shape index (κ1) is 20.5. The number of carbonyl (C=O) groups excluding carboxylic acids is 1. The first-order valence-electron chi connectivity index (χ1n) is 9.07. The molecule has 8 heteroatoms. The van der Waals surface area contributed by atoms with Gasteiger partial charge in [-0.05, 0) is 48.4 Å². The van der Waals surface area contributed by atoms with Crippen molar-refractivity contribution in [2.24, 2.45) is 0 Å². The van der Waals surface area contributed by atoms with Gasteiger partial charge in [-0.25, -0.2) is 13.5 Å². The number of ether oxygens (including phenoxy) is 2. The lowest BCUT2D eigenvalue weighted by Gasteiger charge is -2.07. The summed E-state index contributed by atoms with van der Waals surface area (Å²) in [6.45, 7) is 1.09. The van der Waals surface area contributed by atoms with E-state index in [9.17, 15) is 13.6 Å². The van der Waals surface area contributed by atoms with E-state index in [1.807, 2.05) is 0 Å². The quantitative estimate of drug-likeness (QED) is 0.558. The van der Waals surface area contributed by atoms with E-state index in [1.54, 1.807) is 37.6 Å². The van der Waals surface area contributed by atoms with Gasteiger partial charge in [0.1, 0.15) is 18.2 Å². The molecule has 152 valence electrons. The number of nitrogens with one attached hydrogen (secondary N) is 1. The summed E-state index contributed by atoms with van der Waals surface area (Å²) in [5, 5.41) is 7.07. The molecule has 0 unspecified atom stereocenters. The van der Waals surface area contributed by atoms with Gasteiger partial charge in [0, 0.05) is 20.3 Å². The number of hydrogen-bond acceptors (Lipinski definition) is 4. The van der Waals surface area contributed by atoms with Crippen molar-refractivity contribution in [3.8, 4) is 11.4 Å². The highest BCUT2D eigenvalue weighted by atomic mass is 19.1. The molecule has 0 saturated heterocycles. The van der Waals surface area contributed by atoms with Crippen LogP contribution in [0.3, 0.4) is 0 Å². The fraction of sp³-hybridized carbons (Fsp3) is 0.238. The Morgan fingerprint density at radius 2 is 1.72 bits per heavy atom. The van der Waals surface area contributed by atoms with Crippen molar-refractivity contribution in [2.45, 2.75) is 13.0 Å². The minimum Gasteiger partial charge on any atom is -0.485 e. The molecular formula is C21H21F2N3O3. The number of carbonyl (C=O) groups is 1. The Kier molecular flexibility index (Phi) is 6.91. The second-order valence-electron chi connectivity index (χ2n) is 6.28. The summed E-state index contributed by atoms with van der Waals surface area (Å²) in [5.74, 6) is -0.835. The molecule has 0 aliphatic carbocycles. The van der Waals surface area contributed by atoms with Gasteiger partial charge in [0.25, 0.3) is 5.91 Å². The van der Waals surface area contributed by atoms with Gasteiger partial charge in [0.15, 0.2) is 11.4 Å². The monoisotopic (exact) mass is 401 g/mol. The molecule has 0 atom stereocenters. The molecule has 0 aliphatic heterocycles. The second kappa shape index (κ2) is 9.79.